The third kappa shape index (κ3) is 5.50. The van der Waals surface area contributed by atoms with Gasteiger partial charge in [-0.25, -0.2) is 0 Å². The lowest BCUT2D eigenvalue weighted by atomic mass is 10.3. The molecule has 0 bridgehead atoms. The van der Waals surface area contributed by atoms with Crippen molar-refractivity contribution in [1.82, 2.24) is 5.32 Å². The summed E-state index contributed by atoms with van der Waals surface area (Å²) in [7, 11) is 0. The van der Waals surface area contributed by atoms with E-state index in [1.165, 1.54) is 0 Å². The van der Waals surface area contributed by atoms with Crippen molar-refractivity contribution in [1.29, 1.82) is 0 Å². The maximum Gasteiger partial charge on any atom is 0.119 e. The fourth-order valence-corrected chi connectivity index (χ4v) is 0.935. The van der Waals surface area contributed by atoms with E-state index in [-0.39, 0.29) is 12.4 Å². The van der Waals surface area contributed by atoms with E-state index in [0.717, 1.165) is 25.4 Å². The summed E-state index contributed by atoms with van der Waals surface area (Å²) in [4.78, 5) is 0. The summed E-state index contributed by atoms with van der Waals surface area (Å²) in [6, 6.07) is 9.86. The van der Waals surface area contributed by atoms with Crippen molar-refractivity contribution in [3.05, 3.63) is 30.3 Å². The molecule has 0 aliphatic rings. The SMILES string of the molecule is CCNCCOc1ccccc1.Cl. The number of likely N-dealkylation sites (N-methyl/N-ethyl adjacent to an activating group) is 1. The van der Waals surface area contributed by atoms with Crippen molar-refractivity contribution in [2.75, 3.05) is 19.7 Å². The van der Waals surface area contributed by atoms with Crippen LogP contribution in [-0.2, 0) is 0 Å². The molecule has 1 aromatic carbocycles. The van der Waals surface area contributed by atoms with Gasteiger partial charge in [-0.15, -0.1) is 12.4 Å². The van der Waals surface area contributed by atoms with E-state index in [0.29, 0.717) is 0 Å². The Morgan fingerprint density at radius 2 is 1.92 bits per heavy atom. The van der Waals surface area contributed by atoms with Gasteiger partial charge in [-0.2, -0.15) is 0 Å². The molecule has 0 unspecified atom stereocenters. The Bertz CT molecular complexity index is 203. The van der Waals surface area contributed by atoms with Crippen molar-refractivity contribution in [2.24, 2.45) is 0 Å². The quantitative estimate of drug-likeness (QED) is 0.737. The van der Waals surface area contributed by atoms with Crippen LogP contribution in [0.2, 0.25) is 0 Å². The number of para-hydroxylation sites is 1. The third-order valence-corrected chi connectivity index (χ3v) is 1.54. The predicted molar refractivity (Wildman–Crippen MR) is 57.7 cm³/mol. The monoisotopic (exact) mass is 201 g/mol. The number of hydrogen-bond acceptors (Lipinski definition) is 2. The summed E-state index contributed by atoms with van der Waals surface area (Å²) >= 11 is 0. The van der Waals surface area contributed by atoms with Crippen LogP contribution in [0.4, 0.5) is 0 Å². The van der Waals surface area contributed by atoms with Gasteiger partial charge in [0, 0.05) is 6.54 Å². The zero-order valence-electron chi connectivity index (χ0n) is 7.82. The highest BCUT2D eigenvalue weighted by molar-refractivity contribution is 5.85. The standard InChI is InChI=1S/C10H15NO.ClH/c1-2-11-8-9-12-10-6-4-3-5-7-10;/h3-7,11H,2,8-9H2,1H3;1H. The molecule has 74 valence electrons. The van der Waals surface area contributed by atoms with Gasteiger partial charge in [0.25, 0.3) is 0 Å². The first-order chi connectivity index (χ1) is 5.93. The molecule has 0 aromatic heterocycles. The van der Waals surface area contributed by atoms with Crippen molar-refractivity contribution >= 4 is 12.4 Å². The largest absolute Gasteiger partial charge is 0.492 e. The van der Waals surface area contributed by atoms with E-state index in [1.54, 1.807) is 0 Å². The normalized spacial score (nSPS) is 9.00. The number of hydrogen-bond donors (Lipinski definition) is 1. The van der Waals surface area contributed by atoms with E-state index >= 15 is 0 Å². The number of halogens is 1. The molecule has 1 rings (SSSR count). The summed E-state index contributed by atoms with van der Waals surface area (Å²) in [6.45, 7) is 4.73. The van der Waals surface area contributed by atoms with Crippen molar-refractivity contribution in [3.63, 3.8) is 0 Å². The Labute approximate surface area is 85.7 Å². The molecule has 0 saturated carbocycles. The van der Waals surface area contributed by atoms with Gasteiger partial charge < -0.3 is 10.1 Å². The maximum atomic E-state index is 5.45. The van der Waals surface area contributed by atoms with Gasteiger partial charge in [0.05, 0.1) is 0 Å². The first-order valence-electron chi connectivity index (χ1n) is 4.32. The molecule has 0 heterocycles. The molecule has 0 saturated heterocycles. The highest BCUT2D eigenvalue weighted by atomic mass is 35.5. The van der Waals surface area contributed by atoms with Gasteiger partial charge in [-0.1, -0.05) is 25.1 Å². The molecule has 0 aliphatic heterocycles. The minimum Gasteiger partial charge on any atom is -0.492 e. The zero-order valence-corrected chi connectivity index (χ0v) is 8.64. The van der Waals surface area contributed by atoms with Gasteiger partial charge >= 0.3 is 0 Å². The second kappa shape index (κ2) is 7.90. The summed E-state index contributed by atoms with van der Waals surface area (Å²) < 4.78 is 5.45. The summed E-state index contributed by atoms with van der Waals surface area (Å²) in [6.07, 6.45) is 0. The van der Waals surface area contributed by atoms with Crippen LogP contribution in [0.5, 0.6) is 5.75 Å². The van der Waals surface area contributed by atoms with Crippen LogP contribution in [0.15, 0.2) is 30.3 Å². The summed E-state index contributed by atoms with van der Waals surface area (Å²) in [5.74, 6) is 0.940. The fourth-order valence-electron chi connectivity index (χ4n) is 0.935. The highest BCUT2D eigenvalue weighted by Gasteiger charge is 1.88. The summed E-state index contributed by atoms with van der Waals surface area (Å²) in [5, 5.41) is 3.19. The smallest absolute Gasteiger partial charge is 0.119 e. The molecule has 1 aromatic rings. The molecule has 3 heteroatoms. The molecule has 1 N–H and O–H groups in total. The van der Waals surface area contributed by atoms with Crippen LogP contribution in [-0.4, -0.2) is 19.7 Å². The minimum atomic E-state index is 0. The summed E-state index contributed by atoms with van der Waals surface area (Å²) in [5.41, 5.74) is 0. The predicted octanol–water partition coefficient (Wildman–Crippen LogP) is 2.10. The second-order valence-corrected chi connectivity index (χ2v) is 2.52. The molecule has 0 fully saturated rings. The van der Waals surface area contributed by atoms with Crippen LogP contribution in [0, 0.1) is 0 Å². The Morgan fingerprint density at radius 1 is 1.23 bits per heavy atom. The lowest BCUT2D eigenvalue weighted by Crippen LogP contribution is -2.20. The molecule has 0 radical (unpaired) electrons. The van der Waals surface area contributed by atoms with Gasteiger partial charge in [0.15, 0.2) is 0 Å². The van der Waals surface area contributed by atoms with Crippen molar-refractivity contribution < 1.29 is 4.74 Å². The first kappa shape index (κ1) is 12.3. The molecule has 0 atom stereocenters. The van der Waals surface area contributed by atoms with Crippen LogP contribution in [0.25, 0.3) is 0 Å². The van der Waals surface area contributed by atoms with E-state index in [4.69, 9.17) is 4.74 Å². The average Bonchev–Trinajstić information content (AvgIpc) is 2.14. The lowest BCUT2D eigenvalue weighted by Gasteiger charge is -2.05. The topological polar surface area (TPSA) is 21.3 Å². The lowest BCUT2D eigenvalue weighted by molar-refractivity contribution is 0.315. The number of nitrogens with one attached hydrogen (secondary N) is 1. The second-order valence-electron chi connectivity index (χ2n) is 2.52. The Morgan fingerprint density at radius 3 is 2.54 bits per heavy atom. The molecule has 0 amide bonds. The zero-order chi connectivity index (χ0) is 8.65. The van der Waals surface area contributed by atoms with Gasteiger partial charge in [0.1, 0.15) is 12.4 Å². The van der Waals surface area contributed by atoms with Crippen molar-refractivity contribution in [2.45, 2.75) is 6.92 Å². The molecular weight excluding hydrogens is 186 g/mol. The van der Waals surface area contributed by atoms with Crippen LogP contribution < -0.4 is 10.1 Å². The highest BCUT2D eigenvalue weighted by Crippen LogP contribution is 2.07. The third-order valence-electron chi connectivity index (χ3n) is 1.54. The Balaban J connectivity index is 0.00000144. The van der Waals surface area contributed by atoms with Gasteiger partial charge in [-0.3, -0.25) is 0 Å². The number of rotatable bonds is 5. The molecule has 0 aliphatic carbocycles. The van der Waals surface area contributed by atoms with Gasteiger partial charge in [0.2, 0.25) is 0 Å². The Hall–Kier alpha value is -0.730. The van der Waals surface area contributed by atoms with Crippen LogP contribution in [0.3, 0.4) is 0 Å². The Kier molecular flexibility index (Phi) is 7.45. The van der Waals surface area contributed by atoms with E-state index in [9.17, 15) is 0 Å². The van der Waals surface area contributed by atoms with E-state index in [1.807, 2.05) is 30.3 Å². The van der Waals surface area contributed by atoms with Gasteiger partial charge in [-0.05, 0) is 18.7 Å². The first-order valence-corrected chi connectivity index (χ1v) is 4.32. The molecule has 13 heavy (non-hydrogen) atoms. The maximum absolute atomic E-state index is 5.45. The van der Waals surface area contributed by atoms with E-state index in [2.05, 4.69) is 12.2 Å². The van der Waals surface area contributed by atoms with E-state index < -0.39 is 0 Å². The molecular formula is C10H16ClNO. The fraction of sp³-hybridized carbons (Fsp3) is 0.400. The molecule has 0 spiro atoms. The number of benzene rings is 1. The average molecular weight is 202 g/mol. The number of ether oxygens (including phenoxy) is 1. The van der Waals surface area contributed by atoms with Crippen LogP contribution >= 0.6 is 12.4 Å². The molecule has 2 nitrogen and oxygen atoms in total. The van der Waals surface area contributed by atoms with Crippen molar-refractivity contribution in [3.8, 4) is 5.75 Å². The van der Waals surface area contributed by atoms with Crippen LogP contribution in [0.1, 0.15) is 6.92 Å². The minimum absolute atomic E-state index is 0.